The van der Waals surface area contributed by atoms with Gasteiger partial charge in [-0.05, 0) is 47.3 Å². The molecule has 1 heterocycles. The van der Waals surface area contributed by atoms with Gasteiger partial charge in [-0.3, -0.25) is 0 Å². The van der Waals surface area contributed by atoms with E-state index in [0.29, 0.717) is 28.5 Å². The van der Waals surface area contributed by atoms with Gasteiger partial charge >= 0.3 is 0 Å². The molecule has 2 N–H and O–H groups in total. The summed E-state index contributed by atoms with van der Waals surface area (Å²) in [5.74, 6) is 0.637. The molecule has 8 heteroatoms. The molecule has 1 fully saturated rings. The van der Waals surface area contributed by atoms with Gasteiger partial charge in [0.05, 0.1) is 19.3 Å². The number of nitrogens with zero attached hydrogens (tertiary/aromatic N) is 3. The number of ether oxygens (including phenoxy) is 2. The van der Waals surface area contributed by atoms with Gasteiger partial charge in [-0.25, -0.2) is 0 Å². The molecule has 5 rings (SSSR count). The lowest BCUT2D eigenvalue weighted by Crippen LogP contribution is -2.51. The molecule has 3 aromatic rings. The highest BCUT2D eigenvalue weighted by Gasteiger charge is 2.72. The fourth-order valence-electron chi connectivity index (χ4n) is 5.25. The first-order valence-corrected chi connectivity index (χ1v) is 11.1. The molecule has 4 atom stereocenters. The van der Waals surface area contributed by atoms with E-state index in [1.807, 2.05) is 42.5 Å². The molecule has 3 aromatic carbocycles. The van der Waals surface area contributed by atoms with Crippen molar-refractivity contribution in [1.82, 2.24) is 0 Å². The molecule has 33 heavy (non-hydrogen) atoms. The highest BCUT2D eigenvalue weighted by Crippen LogP contribution is 2.66. The van der Waals surface area contributed by atoms with Crippen LogP contribution >= 0.6 is 11.6 Å². The SMILES string of the molecule is [N-]=[N+]=NCCOc1ccc2c(c1)O[C@]1(c3ccc(Cl)cc3)[C@@H](c3ccccc3)C[C@H](O)[C@]21O. The van der Waals surface area contributed by atoms with E-state index in [2.05, 4.69) is 10.0 Å². The normalized spacial score (nSPS) is 27.2. The first kappa shape index (κ1) is 21.6. The molecule has 0 radical (unpaired) electrons. The van der Waals surface area contributed by atoms with Crippen molar-refractivity contribution in [1.29, 1.82) is 0 Å². The molecule has 0 unspecified atom stereocenters. The maximum Gasteiger partial charge on any atom is 0.176 e. The lowest BCUT2D eigenvalue weighted by Gasteiger charge is -2.40. The Hall–Kier alpha value is -3.22. The quantitative estimate of drug-likeness (QED) is 0.231. The number of aliphatic hydroxyl groups is 2. The van der Waals surface area contributed by atoms with Gasteiger partial charge in [0.2, 0.25) is 0 Å². The summed E-state index contributed by atoms with van der Waals surface area (Å²) >= 11 is 6.16. The van der Waals surface area contributed by atoms with Gasteiger partial charge in [0, 0.05) is 27.5 Å². The number of azide groups is 1. The van der Waals surface area contributed by atoms with Gasteiger partial charge in [-0.2, -0.15) is 0 Å². The lowest BCUT2D eigenvalue weighted by molar-refractivity contribution is -0.149. The topological polar surface area (TPSA) is 108 Å². The van der Waals surface area contributed by atoms with Crippen LogP contribution in [-0.4, -0.2) is 29.5 Å². The minimum atomic E-state index is -1.68. The van der Waals surface area contributed by atoms with Crippen molar-refractivity contribution in [3.8, 4) is 11.5 Å². The average molecular weight is 464 g/mol. The van der Waals surface area contributed by atoms with Crippen LogP contribution in [0.5, 0.6) is 11.5 Å². The van der Waals surface area contributed by atoms with E-state index in [-0.39, 0.29) is 19.1 Å². The molecular formula is C25H22ClN3O4. The number of aliphatic hydroxyl groups excluding tert-OH is 1. The van der Waals surface area contributed by atoms with Gasteiger partial charge in [-0.1, -0.05) is 59.2 Å². The molecule has 0 saturated heterocycles. The van der Waals surface area contributed by atoms with Crippen molar-refractivity contribution in [2.45, 2.75) is 29.6 Å². The molecule has 2 aliphatic rings. The van der Waals surface area contributed by atoms with Crippen LogP contribution < -0.4 is 9.47 Å². The van der Waals surface area contributed by atoms with E-state index in [1.165, 1.54) is 0 Å². The maximum absolute atomic E-state index is 12.2. The van der Waals surface area contributed by atoms with E-state index < -0.39 is 17.3 Å². The number of hydrogen-bond acceptors (Lipinski definition) is 5. The van der Waals surface area contributed by atoms with Crippen LogP contribution in [0.2, 0.25) is 5.02 Å². The van der Waals surface area contributed by atoms with E-state index >= 15 is 0 Å². The molecule has 168 valence electrons. The molecule has 1 saturated carbocycles. The third-order valence-electron chi connectivity index (χ3n) is 6.63. The molecular weight excluding hydrogens is 442 g/mol. The van der Waals surface area contributed by atoms with E-state index in [4.69, 9.17) is 26.6 Å². The third kappa shape index (κ3) is 3.24. The van der Waals surface area contributed by atoms with Crippen molar-refractivity contribution in [3.63, 3.8) is 0 Å². The molecule has 0 amide bonds. The molecule has 0 aromatic heterocycles. The van der Waals surface area contributed by atoms with Crippen molar-refractivity contribution in [3.05, 3.63) is 105 Å². The van der Waals surface area contributed by atoms with E-state index in [9.17, 15) is 10.2 Å². The minimum Gasteiger partial charge on any atom is -0.493 e. The summed E-state index contributed by atoms with van der Waals surface area (Å²) in [7, 11) is 0. The third-order valence-corrected chi connectivity index (χ3v) is 6.88. The highest BCUT2D eigenvalue weighted by molar-refractivity contribution is 6.30. The van der Waals surface area contributed by atoms with Gasteiger partial charge in [0.1, 0.15) is 11.5 Å². The van der Waals surface area contributed by atoms with Crippen molar-refractivity contribution >= 4 is 11.6 Å². The first-order chi connectivity index (χ1) is 16.0. The van der Waals surface area contributed by atoms with Gasteiger partial charge in [-0.15, -0.1) is 0 Å². The van der Waals surface area contributed by atoms with Crippen molar-refractivity contribution in [2.24, 2.45) is 5.11 Å². The van der Waals surface area contributed by atoms with Crippen molar-refractivity contribution < 1.29 is 19.7 Å². The van der Waals surface area contributed by atoms with Crippen LogP contribution in [0.25, 0.3) is 10.4 Å². The Labute approximate surface area is 195 Å². The van der Waals surface area contributed by atoms with E-state index in [0.717, 1.165) is 11.1 Å². The Bertz CT molecular complexity index is 1220. The zero-order valence-electron chi connectivity index (χ0n) is 17.6. The molecule has 0 bridgehead atoms. The second-order valence-electron chi connectivity index (χ2n) is 8.29. The number of fused-ring (bicyclic) bond motifs is 3. The molecule has 0 spiro atoms. The van der Waals surface area contributed by atoms with Crippen LogP contribution in [-0.2, 0) is 11.2 Å². The standard InChI is InChI=1S/C25H22ClN3O4/c26-18-8-6-17(7-9-18)25-21(16-4-2-1-3-5-16)15-23(30)24(25,31)20-11-10-19(14-22(20)33-25)32-13-12-28-29-27/h1-11,14,21,23,30-31H,12-13,15H2/t21-,23+,24-,25-/m1/s1. The summed E-state index contributed by atoms with van der Waals surface area (Å²) in [6.45, 7) is 0.409. The number of benzene rings is 3. The molecule has 1 aliphatic carbocycles. The van der Waals surface area contributed by atoms with Gasteiger partial charge in [0.15, 0.2) is 11.2 Å². The zero-order valence-corrected chi connectivity index (χ0v) is 18.4. The Balaban J connectivity index is 1.64. The monoisotopic (exact) mass is 463 g/mol. The molecule has 1 aliphatic heterocycles. The second kappa shape index (κ2) is 8.28. The largest absolute Gasteiger partial charge is 0.493 e. The lowest BCUT2D eigenvalue weighted by atomic mass is 9.71. The summed E-state index contributed by atoms with van der Waals surface area (Å²) in [4.78, 5) is 2.72. The fourth-order valence-corrected chi connectivity index (χ4v) is 5.38. The van der Waals surface area contributed by atoms with Crippen LogP contribution in [0, 0.1) is 0 Å². The molecule has 7 nitrogen and oxygen atoms in total. The Morgan fingerprint density at radius 1 is 1.12 bits per heavy atom. The maximum atomic E-state index is 12.2. The van der Waals surface area contributed by atoms with Crippen LogP contribution in [0.3, 0.4) is 0 Å². The van der Waals surface area contributed by atoms with E-state index in [1.54, 1.807) is 30.3 Å². The Morgan fingerprint density at radius 3 is 2.61 bits per heavy atom. The van der Waals surface area contributed by atoms with Crippen LogP contribution in [0.4, 0.5) is 0 Å². The van der Waals surface area contributed by atoms with Gasteiger partial charge in [0.25, 0.3) is 0 Å². The first-order valence-electron chi connectivity index (χ1n) is 10.7. The summed E-state index contributed by atoms with van der Waals surface area (Å²) in [5.41, 5.74) is 7.68. The van der Waals surface area contributed by atoms with Crippen molar-refractivity contribution in [2.75, 3.05) is 13.2 Å². The second-order valence-corrected chi connectivity index (χ2v) is 8.72. The Kier molecular flexibility index (Phi) is 5.43. The predicted octanol–water partition coefficient (Wildman–Crippen LogP) is 5.05. The number of hydrogen-bond donors (Lipinski definition) is 2. The average Bonchev–Trinajstić information content (AvgIpc) is 3.23. The zero-order chi connectivity index (χ0) is 23.1. The predicted molar refractivity (Wildman–Crippen MR) is 123 cm³/mol. The van der Waals surface area contributed by atoms with Crippen LogP contribution in [0.1, 0.15) is 29.0 Å². The van der Waals surface area contributed by atoms with Gasteiger partial charge < -0.3 is 19.7 Å². The Morgan fingerprint density at radius 2 is 1.88 bits per heavy atom. The highest BCUT2D eigenvalue weighted by atomic mass is 35.5. The number of rotatable bonds is 6. The van der Waals surface area contributed by atoms with Crippen LogP contribution in [0.15, 0.2) is 77.9 Å². The fraction of sp³-hybridized carbons (Fsp3) is 0.280. The summed E-state index contributed by atoms with van der Waals surface area (Å²) in [6.07, 6.45) is -0.733. The minimum absolute atomic E-state index is 0.196. The summed E-state index contributed by atoms with van der Waals surface area (Å²) < 4.78 is 12.3. The summed E-state index contributed by atoms with van der Waals surface area (Å²) in [5, 5.41) is 27.5. The summed E-state index contributed by atoms with van der Waals surface area (Å²) in [6, 6.07) is 22.1. The smallest absolute Gasteiger partial charge is 0.176 e. The number of halogens is 1.